The van der Waals surface area contributed by atoms with Gasteiger partial charge in [-0.25, -0.2) is 0 Å². The summed E-state index contributed by atoms with van der Waals surface area (Å²) >= 11 is 0. The Balaban J connectivity index is 2.81. The van der Waals surface area contributed by atoms with Crippen molar-refractivity contribution in [1.82, 2.24) is 19.6 Å². The normalized spacial score (nSPS) is 12.8. The zero-order chi connectivity index (χ0) is 13.7. The zero-order valence-corrected chi connectivity index (χ0v) is 11.6. The van der Waals surface area contributed by atoms with Crippen molar-refractivity contribution in [3.63, 3.8) is 0 Å². The second-order valence-corrected chi connectivity index (χ2v) is 4.55. The largest absolute Gasteiger partial charge is 0.348 e. The molecular weight excluding hydrogens is 230 g/mol. The fraction of sp³-hybridized carbons (Fsp3) is 0.667. The van der Waals surface area contributed by atoms with Crippen molar-refractivity contribution < 1.29 is 4.79 Å². The maximum atomic E-state index is 11.8. The van der Waals surface area contributed by atoms with E-state index in [9.17, 15) is 4.79 Å². The molecule has 18 heavy (non-hydrogen) atoms. The molecule has 0 aliphatic carbocycles. The first-order chi connectivity index (χ1) is 8.49. The summed E-state index contributed by atoms with van der Waals surface area (Å²) in [4.78, 5) is 15.5. The highest BCUT2D eigenvalue weighted by molar-refractivity contribution is 5.77. The Morgan fingerprint density at radius 1 is 1.56 bits per heavy atom. The SMILES string of the molecule is CCN(CC(=O)N(C)C)C(CN)c1cnn(C)c1. The monoisotopic (exact) mass is 253 g/mol. The van der Waals surface area contributed by atoms with Crippen LogP contribution in [0.25, 0.3) is 0 Å². The number of aryl methyl sites for hydroxylation is 1. The van der Waals surface area contributed by atoms with Crippen LogP contribution in [-0.4, -0.2) is 59.2 Å². The average Bonchev–Trinajstić information content (AvgIpc) is 2.75. The van der Waals surface area contributed by atoms with E-state index in [4.69, 9.17) is 5.73 Å². The second-order valence-electron chi connectivity index (χ2n) is 4.55. The van der Waals surface area contributed by atoms with Crippen LogP contribution in [0.4, 0.5) is 0 Å². The number of carbonyl (C=O) groups excluding carboxylic acids is 1. The topological polar surface area (TPSA) is 67.4 Å². The summed E-state index contributed by atoms with van der Waals surface area (Å²) in [6.45, 7) is 3.65. The van der Waals surface area contributed by atoms with E-state index in [0.717, 1.165) is 12.1 Å². The van der Waals surface area contributed by atoms with Gasteiger partial charge in [-0.1, -0.05) is 6.92 Å². The molecule has 0 fully saturated rings. The maximum Gasteiger partial charge on any atom is 0.236 e. The molecule has 0 saturated heterocycles. The first-order valence-electron chi connectivity index (χ1n) is 6.12. The van der Waals surface area contributed by atoms with E-state index < -0.39 is 0 Å². The number of nitrogens with two attached hydrogens (primary N) is 1. The van der Waals surface area contributed by atoms with Gasteiger partial charge in [0.15, 0.2) is 0 Å². The molecule has 1 rings (SSSR count). The van der Waals surface area contributed by atoms with Crippen LogP contribution in [0.2, 0.25) is 0 Å². The summed E-state index contributed by atoms with van der Waals surface area (Å²) in [5, 5.41) is 4.16. The standard InChI is InChI=1S/C12H23N5O/c1-5-17(9-12(18)15(2)3)11(6-13)10-7-14-16(4)8-10/h7-8,11H,5-6,9,13H2,1-4H3. The van der Waals surface area contributed by atoms with E-state index >= 15 is 0 Å². The smallest absolute Gasteiger partial charge is 0.236 e. The average molecular weight is 253 g/mol. The predicted molar refractivity (Wildman–Crippen MR) is 70.9 cm³/mol. The molecular formula is C12H23N5O. The Bertz CT molecular complexity index is 388. The summed E-state index contributed by atoms with van der Waals surface area (Å²) in [6, 6.07) is 0.0348. The number of carbonyl (C=O) groups is 1. The molecule has 6 heteroatoms. The zero-order valence-electron chi connectivity index (χ0n) is 11.6. The van der Waals surface area contributed by atoms with Gasteiger partial charge in [-0.15, -0.1) is 0 Å². The molecule has 6 nitrogen and oxygen atoms in total. The van der Waals surface area contributed by atoms with E-state index in [1.54, 1.807) is 29.9 Å². The lowest BCUT2D eigenvalue weighted by atomic mass is 10.1. The van der Waals surface area contributed by atoms with Crippen molar-refractivity contribution >= 4 is 5.91 Å². The molecule has 0 aromatic carbocycles. The number of hydrogen-bond donors (Lipinski definition) is 1. The predicted octanol–water partition coefficient (Wildman–Crippen LogP) is -0.170. The number of amides is 1. The maximum absolute atomic E-state index is 11.8. The quantitative estimate of drug-likeness (QED) is 0.764. The Kier molecular flexibility index (Phi) is 5.30. The molecule has 0 saturated carbocycles. The van der Waals surface area contributed by atoms with Crippen LogP contribution in [0.15, 0.2) is 12.4 Å². The van der Waals surface area contributed by atoms with Crippen LogP contribution in [0.3, 0.4) is 0 Å². The van der Waals surface area contributed by atoms with Crippen molar-refractivity contribution in [3.8, 4) is 0 Å². The lowest BCUT2D eigenvalue weighted by Crippen LogP contribution is -2.41. The van der Waals surface area contributed by atoms with Crippen LogP contribution in [0.5, 0.6) is 0 Å². The summed E-state index contributed by atoms with van der Waals surface area (Å²) < 4.78 is 1.75. The van der Waals surface area contributed by atoms with E-state index in [-0.39, 0.29) is 11.9 Å². The highest BCUT2D eigenvalue weighted by Crippen LogP contribution is 2.18. The van der Waals surface area contributed by atoms with Crippen molar-refractivity contribution in [3.05, 3.63) is 18.0 Å². The molecule has 0 radical (unpaired) electrons. The Morgan fingerprint density at radius 3 is 2.61 bits per heavy atom. The number of rotatable bonds is 6. The fourth-order valence-electron chi connectivity index (χ4n) is 1.87. The van der Waals surface area contributed by atoms with Crippen LogP contribution < -0.4 is 5.73 Å². The Morgan fingerprint density at radius 2 is 2.22 bits per heavy atom. The lowest BCUT2D eigenvalue weighted by molar-refractivity contribution is -0.130. The van der Waals surface area contributed by atoms with Crippen LogP contribution >= 0.6 is 0 Å². The third-order valence-corrected chi connectivity index (χ3v) is 3.02. The Labute approximate surface area is 108 Å². The number of likely N-dealkylation sites (N-methyl/N-ethyl adjacent to an activating group) is 2. The number of nitrogens with zero attached hydrogens (tertiary/aromatic N) is 4. The van der Waals surface area contributed by atoms with E-state index in [1.165, 1.54) is 0 Å². The molecule has 1 heterocycles. The van der Waals surface area contributed by atoms with Gasteiger partial charge in [0, 0.05) is 39.4 Å². The molecule has 2 N–H and O–H groups in total. The minimum absolute atomic E-state index is 0.0348. The Hall–Kier alpha value is -1.40. The van der Waals surface area contributed by atoms with Crippen molar-refractivity contribution in [1.29, 1.82) is 0 Å². The van der Waals surface area contributed by atoms with Crippen LogP contribution in [0, 0.1) is 0 Å². The summed E-state index contributed by atoms with van der Waals surface area (Å²) in [6.07, 6.45) is 3.75. The molecule has 0 bridgehead atoms. The minimum Gasteiger partial charge on any atom is -0.348 e. The van der Waals surface area contributed by atoms with Gasteiger partial charge in [0.2, 0.25) is 5.91 Å². The summed E-state index contributed by atoms with van der Waals surface area (Å²) in [7, 11) is 5.40. The fourth-order valence-corrected chi connectivity index (χ4v) is 1.87. The van der Waals surface area contributed by atoms with Gasteiger partial charge in [-0.05, 0) is 6.54 Å². The van der Waals surface area contributed by atoms with Gasteiger partial charge in [0.05, 0.1) is 18.8 Å². The molecule has 1 aromatic heterocycles. The first-order valence-corrected chi connectivity index (χ1v) is 6.12. The van der Waals surface area contributed by atoms with E-state index in [2.05, 4.69) is 10.00 Å². The first kappa shape index (κ1) is 14.7. The van der Waals surface area contributed by atoms with Crippen LogP contribution in [-0.2, 0) is 11.8 Å². The molecule has 1 unspecified atom stereocenters. The molecule has 0 spiro atoms. The van der Waals surface area contributed by atoms with E-state index in [1.807, 2.05) is 20.2 Å². The molecule has 102 valence electrons. The summed E-state index contributed by atoms with van der Waals surface area (Å²) in [5.41, 5.74) is 6.89. The van der Waals surface area contributed by atoms with Gasteiger partial charge in [0.1, 0.15) is 0 Å². The highest BCUT2D eigenvalue weighted by Gasteiger charge is 2.21. The molecule has 0 aliphatic heterocycles. The van der Waals surface area contributed by atoms with E-state index in [0.29, 0.717) is 13.1 Å². The van der Waals surface area contributed by atoms with Gasteiger partial charge in [0.25, 0.3) is 0 Å². The highest BCUT2D eigenvalue weighted by atomic mass is 16.2. The third-order valence-electron chi connectivity index (χ3n) is 3.02. The van der Waals surface area contributed by atoms with Crippen molar-refractivity contribution in [2.75, 3.05) is 33.7 Å². The van der Waals surface area contributed by atoms with Gasteiger partial charge in [-0.3, -0.25) is 14.4 Å². The van der Waals surface area contributed by atoms with Crippen LogP contribution in [0.1, 0.15) is 18.5 Å². The van der Waals surface area contributed by atoms with Gasteiger partial charge in [-0.2, -0.15) is 5.10 Å². The number of hydrogen-bond acceptors (Lipinski definition) is 4. The number of aromatic nitrogens is 2. The third kappa shape index (κ3) is 3.54. The molecule has 1 atom stereocenters. The minimum atomic E-state index is 0.0348. The summed E-state index contributed by atoms with van der Waals surface area (Å²) in [5.74, 6) is 0.0826. The molecule has 1 aromatic rings. The van der Waals surface area contributed by atoms with Crippen molar-refractivity contribution in [2.24, 2.45) is 12.8 Å². The van der Waals surface area contributed by atoms with Gasteiger partial charge < -0.3 is 10.6 Å². The van der Waals surface area contributed by atoms with Crippen molar-refractivity contribution in [2.45, 2.75) is 13.0 Å². The molecule has 0 aliphatic rings. The second kappa shape index (κ2) is 6.51. The molecule has 1 amide bonds. The van der Waals surface area contributed by atoms with Gasteiger partial charge >= 0.3 is 0 Å². The lowest BCUT2D eigenvalue weighted by Gasteiger charge is -2.29.